The topological polar surface area (TPSA) is 18.5 Å². The van der Waals surface area contributed by atoms with E-state index in [2.05, 4.69) is 34.2 Å². The van der Waals surface area contributed by atoms with Crippen molar-refractivity contribution in [3.8, 4) is 0 Å². The van der Waals surface area contributed by atoms with Gasteiger partial charge in [0.1, 0.15) is 0 Å². The smallest absolute Gasteiger partial charge is 0.337 e. The molecule has 2 nitrogen and oxygen atoms in total. The van der Waals surface area contributed by atoms with E-state index in [0.29, 0.717) is 5.54 Å². The van der Waals surface area contributed by atoms with Crippen molar-refractivity contribution in [3.05, 3.63) is 0 Å². The van der Waals surface area contributed by atoms with E-state index in [1.807, 2.05) is 0 Å². The van der Waals surface area contributed by atoms with E-state index in [0.717, 1.165) is 13.2 Å². The first-order chi connectivity index (χ1) is 7.60. The quantitative estimate of drug-likeness (QED) is 0.417. The van der Waals surface area contributed by atoms with Crippen molar-refractivity contribution in [1.82, 2.24) is 0 Å². The van der Waals surface area contributed by atoms with Gasteiger partial charge in [-0.05, 0) is 32.4 Å². The molecule has 16 heavy (non-hydrogen) atoms. The third-order valence-electron chi connectivity index (χ3n) is 3.25. The molecule has 0 aromatic rings. The summed E-state index contributed by atoms with van der Waals surface area (Å²) in [6, 6.07) is 0. The zero-order valence-corrected chi connectivity index (χ0v) is 12.8. The normalized spacial score (nSPS) is 14.1. The summed E-state index contributed by atoms with van der Waals surface area (Å²) in [5, 5.41) is 0. The largest absolute Gasteiger partial charge is 0.394 e. The van der Waals surface area contributed by atoms with Gasteiger partial charge in [0, 0.05) is 13.2 Å². The molecule has 0 aromatic heterocycles. The summed E-state index contributed by atoms with van der Waals surface area (Å²) in [5.74, 6) is 0. The Hall–Kier alpha value is 0.137. The Morgan fingerprint density at radius 1 is 0.938 bits per heavy atom. The first-order valence-electron chi connectivity index (χ1n) is 6.88. The molecule has 0 saturated carbocycles. The van der Waals surface area contributed by atoms with Crippen molar-refractivity contribution in [1.29, 1.82) is 0 Å². The molecule has 1 unspecified atom stereocenters. The Bertz CT molecular complexity index is 156. The van der Waals surface area contributed by atoms with Crippen LogP contribution < -0.4 is 0 Å². The number of rotatable bonds is 10. The third kappa shape index (κ3) is 6.02. The summed E-state index contributed by atoms with van der Waals surface area (Å²) < 4.78 is 11.8. The number of hydrogen-bond donors (Lipinski definition) is 0. The van der Waals surface area contributed by atoms with Crippen molar-refractivity contribution < 1.29 is 8.85 Å². The SMILES string of the molecule is CCCCCCC(C)[Si](C)(OCC)OCC. The van der Waals surface area contributed by atoms with Crippen LogP contribution in [0.1, 0.15) is 59.8 Å². The van der Waals surface area contributed by atoms with Crippen LogP contribution in [0.3, 0.4) is 0 Å². The van der Waals surface area contributed by atoms with Crippen LogP contribution in [0.15, 0.2) is 0 Å². The lowest BCUT2D eigenvalue weighted by Gasteiger charge is -2.31. The summed E-state index contributed by atoms with van der Waals surface area (Å²) in [6.45, 7) is 12.4. The monoisotopic (exact) mass is 246 g/mol. The molecular formula is C13H30O2Si. The molecule has 0 aliphatic heterocycles. The molecular weight excluding hydrogens is 216 g/mol. The van der Waals surface area contributed by atoms with Crippen LogP contribution in [0.4, 0.5) is 0 Å². The zero-order chi connectivity index (χ0) is 12.4. The lowest BCUT2D eigenvalue weighted by molar-refractivity contribution is 0.178. The molecule has 0 radical (unpaired) electrons. The molecule has 0 aliphatic carbocycles. The molecule has 0 saturated heterocycles. The van der Waals surface area contributed by atoms with Crippen LogP contribution in [0.25, 0.3) is 0 Å². The lowest BCUT2D eigenvalue weighted by atomic mass is 10.1. The van der Waals surface area contributed by atoms with Crippen molar-refractivity contribution in [3.63, 3.8) is 0 Å². The second kappa shape index (κ2) is 9.20. The van der Waals surface area contributed by atoms with Gasteiger partial charge >= 0.3 is 8.56 Å². The minimum atomic E-state index is -1.91. The fourth-order valence-electron chi connectivity index (χ4n) is 2.04. The van der Waals surface area contributed by atoms with Crippen molar-refractivity contribution in [2.75, 3.05) is 13.2 Å². The summed E-state index contributed by atoms with van der Waals surface area (Å²) in [4.78, 5) is 0. The Labute approximate surface area is 103 Å². The van der Waals surface area contributed by atoms with Gasteiger partial charge in [0.15, 0.2) is 0 Å². The molecule has 0 bridgehead atoms. The van der Waals surface area contributed by atoms with Gasteiger partial charge in [0.2, 0.25) is 0 Å². The fourth-order valence-corrected chi connectivity index (χ4v) is 4.57. The molecule has 0 N–H and O–H groups in total. The minimum Gasteiger partial charge on any atom is -0.394 e. The van der Waals surface area contributed by atoms with Gasteiger partial charge in [-0.15, -0.1) is 0 Å². The highest BCUT2D eigenvalue weighted by Gasteiger charge is 2.37. The van der Waals surface area contributed by atoms with E-state index in [4.69, 9.17) is 8.85 Å². The van der Waals surface area contributed by atoms with Gasteiger partial charge in [0.05, 0.1) is 0 Å². The Morgan fingerprint density at radius 3 is 1.94 bits per heavy atom. The maximum absolute atomic E-state index is 5.91. The highest BCUT2D eigenvalue weighted by Crippen LogP contribution is 2.29. The molecule has 0 spiro atoms. The predicted molar refractivity (Wildman–Crippen MR) is 73.1 cm³/mol. The van der Waals surface area contributed by atoms with Crippen LogP contribution in [-0.2, 0) is 8.85 Å². The first kappa shape index (κ1) is 16.1. The molecule has 0 heterocycles. The summed E-state index contributed by atoms with van der Waals surface area (Å²) in [6.07, 6.45) is 6.58. The lowest BCUT2D eigenvalue weighted by Crippen LogP contribution is -2.43. The first-order valence-corrected chi connectivity index (χ1v) is 9.28. The summed E-state index contributed by atoms with van der Waals surface area (Å²) in [7, 11) is -1.91. The van der Waals surface area contributed by atoms with Crippen molar-refractivity contribution in [2.24, 2.45) is 0 Å². The molecule has 0 amide bonds. The Kier molecular flexibility index (Phi) is 9.28. The second-order valence-electron chi connectivity index (χ2n) is 4.63. The van der Waals surface area contributed by atoms with Gasteiger partial charge in [0.25, 0.3) is 0 Å². The summed E-state index contributed by atoms with van der Waals surface area (Å²) in [5.41, 5.74) is 0.601. The average molecular weight is 246 g/mol. The molecule has 0 aliphatic rings. The maximum Gasteiger partial charge on any atom is 0.337 e. The molecule has 0 fully saturated rings. The zero-order valence-electron chi connectivity index (χ0n) is 11.8. The van der Waals surface area contributed by atoms with Crippen molar-refractivity contribution >= 4 is 8.56 Å². The fraction of sp³-hybridized carbons (Fsp3) is 1.00. The number of hydrogen-bond acceptors (Lipinski definition) is 2. The minimum absolute atomic E-state index is 0.601. The van der Waals surface area contributed by atoms with E-state index >= 15 is 0 Å². The van der Waals surface area contributed by atoms with Gasteiger partial charge < -0.3 is 8.85 Å². The van der Waals surface area contributed by atoms with Crippen LogP contribution in [0.2, 0.25) is 12.1 Å². The number of unbranched alkanes of at least 4 members (excludes halogenated alkanes) is 3. The van der Waals surface area contributed by atoms with E-state index in [1.165, 1.54) is 32.1 Å². The van der Waals surface area contributed by atoms with E-state index in [9.17, 15) is 0 Å². The standard InChI is InChI=1S/C13H30O2Si/c1-6-9-10-11-12-13(4)16(5,14-7-2)15-8-3/h13H,6-12H2,1-5H3. The van der Waals surface area contributed by atoms with E-state index in [-0.39, 0.29) is 0 Å². The van der Waals surface area contributed by atoms with Crippen LogP contribution >= 0.6 is 0 Å². The van der Waals surface area contributed by atoms with Crippen LogP contribution in [0, 0.1) is 0 Å². The molecule has 1 atom stereocenters. The van der Waals surface area contributed by atoms with Gasteiger partial charge in [-0.1, -0.05) is 39.5 Å². The second-order valence-corrected chi connectivity index (χ2v) is 8.23. The average Bonchev–Trinajstić information content (AvgIpc) is 2.24. The molecule has 0 aromatic carbocycles. The predicted octanol–water partition coefficient (Wildman–Crippen LogP) is 4.49. The van der Waals surface area contributed by atoms with E-state index < -0.39 is 8.56 Å². The third-order valence-corrected chi connectivity index (χ3v) is 7.05. The highest BCUT2D eigenvalue weighted by molar-refractivity contribution is 6.67. The Morgan fingerprint density at radius 2 is 1.50 bits per heavy atom. The molecule has 3 heteroatoms. The van der Waals surface area contributed by atoms with Crippen LogP contribution in [0.5, 0.6) is 0 Å². The maximum atomic E-state index is 5.91. The van der Waals surface area contributed by atoms with E-state index in [1.54, 1.807) is 0 Å². The van der Waals surface area contributed by atoms with Crippen LogP contribution in [-0.4, -0.2) is 21.8 Å². The highest BCUT2D eigenvalue weighted by atomic mass is 28.4. The van der Waals surface area contributed by atoms with Gasteiger partial charge in [-0.25, -0.2) is 0 Å². The van der Waals surface area contributed by atoms with Gasteiger partial charge in [-0.3, -0.25) is 0 Å². The van der Waals surface area contributed by atoms with Gasteiger partial charge in [-0.2, -0.15) is 0 Å². The molecule has 0 rings (SSSR count). The van der Waals surface area contributed by atoms with Crippen molar-refractivity contribution in [2.45, 2.75) is 71.9 Å². The molecule has 98 valence electrons. The Balaban J connectivity index is 4.00. The summed E-state index contributed by atoms with van der Waals surface area (Å²) >= 11 is 0.